The van der Waals surface area contributed by atoms with Crippen molar-refractivity contribution in [1.82, 2.24) is 0 Å². The maximum Gasteiger partial charge on any atom is 0.262 e. The van der Waals surface area contributed by atoms with Crippen LogP contribution in [0.5, 0.6) is 11.5 Å². The van der Waals surface area contributed by atoms with Crippen LogP contribution in [0.3, 0.4) is 0 Å². The first-order valence-corrected chi connectivity index (χ1v) is 10.8. The molecule has 0 unspecified atom stereocenters. The Kier molecular flexibility index (Phi) is 6.98. The average molecular weight is 465 g/mol. The summed E-state index contributed by atoms with van der Waals surface area (Å²) in [5, 5.41) is 2.67. The molecule has 0 radical (unpaired) electrons. The SMILES string of the molecule is COc1ccc(NC(=O)COc2ccc(S(=O)(=O)Nc3ccc(F)cc3)cc2Cl)cc1. The highest BCUT2D eigenvalue weighted by Gasteiger charge is 2.17. The molecule has 31 heavy (non-hydrogen) atoms. The number of methoxy groups -OCH3 is 1. The number of benzene rings is 3. The van der Waals surface area contributed by atoms with Gasteiger partial charge in [0, 0.05) is 11.4 Å². The number of sulfonamides is 1. The summed E-state index contributed by atoms with van der Waals surface area (Å²) in [7, 11) is -2.40. The number of nitrogens with one attached hydrogen (secondary N) is 2. The van der Waals surface area contributed by atoms with E-state index in [2.05, 4.69) is 10.0 Å². The Morgan fingerprint density at radius 3 is 2.26 bits per heavy atom. The predicted molar refractivity (Wildman–Crippen MR) is 116 cm³/mol. The van der Waals surface area contributed by atoms with Crippen molar-refractivity contribution < 1.29 is 27.1 Å². The molecule has 0 heterocycles. The smallest absolute Gasteiger partial charge is 0.262 e. The van der Waals surface area contributed by atoms with Gasteiger partial charge >= 0.3 is 0 Å². The lowest BCUT2D eigenvalue weighted by atomic mass is 10.3. The molecule has 0 saturated heterocycles. The zero-order valence-corrected chi connectivity index (χ0v) is 17.8. The average Bonchev–Trinajstić information content (AvgIpc) is 2.75. The zero-order valence-electron chi connectivity index (χ0n) is 16.3. The van der Waals surface area contributed by atoms with Crippen LogP contribution >= 0.6 is 11.6 Å². The molecular formula is C21H18ClFN2O5S. The highest BCUT2D eigenvalue weighted by molar-refractivity contribution is 7.92. The van der Waals surface area contributed by atoms with E-state index < -0.39 is 21.7 Å². The molecule has 10 heteroatoms. The second kappa shape index (κ2) is 9.67. The van der Waals surface area contributed by atoms with Crippen LogP contribution in [0.15, 0.2) is 71.6 Å². The van der Waals surface area contributed by atoms with Crippen molar-refractivity contribution in [2.45, 2.75) is 4.90 Å². The Labute approximate surface area is 183 Å². The quantitative estimate of drug-likeness (QED) is 0.518. The third kappa shape index (κ3) is 6.09. The summed E-state index contributed by atoms with van der Waals surface area (Å²) >= 11 is 6.12. The van der Waals surface area contributed by atoms with E-state index in [0.29, 0.717) is 11.4 Å². The molecule has 0 atom stereocenters. The van der Waals surface area contributed by atoms with E-state index in [4.69, 9.17) is 21.1 Å². The number of anilines is 2. The van der Waals surface area contributed by atoms with E-state index in [0.717, 1.165) is 12.1 Å². The second-order valence-electron chi connectivity index (χ2n) is 6.27. The molecule has 3 aromatic carbocycles. The molecule has 3 rings (SSSR count). The number of hydrogen-bond donors (Lipinski definition) is 2. The maximum absolute atomic E-state index is 13.0. The van der Waals surface area contributed by atoms with Crippen LogP contribution in [0.4, 0.5) is 15.8 Å². The van der Waals surface area contributed by atoms with Gasteiger partial charge < -0.3 is 14.8 Å². The topological polar surface area (TPSA) is 93.7 Å². The van der Waals surface area contributed by atoms with Gasteiger partial charge in [0.05, 0.1) is 17.0 Å². The summed E-state index contributed by atoms with van der Waals surface area (Å²) in [5.74, 6) is -0.100. The van der Waals surface area contributed by atoms with Gasteiger partial charge in [-0.25, -0.2) is 12.8 Å². The van der Waals surface area contributed by atoms with Crippen LogP contribution < -0.4 is 19.5 Å². The summed E-state index contributed by atoms with van der Waals surface area (Å²) < 4.78 is 50.7. The fourth-order valence-electron chi connectivity index (χ4n) is 2.51. The van der Waals surface area contributed by atoms with Crippen LogP contribution in [0.1, 0.15) is 0 Å². The Morgan fingerprint density at radius 2 is 1.65 bits per heavy atom. The fraction of sp³-hybridized carbons (Fsp3) is 0.0952. The van der Waals surface area contributed by atoms with E-state index in [1.54, 1.807) is 31.4 Å². The van der Waals surface area contributed by atoms with Gasteiger partial charge in [-0.1, -0.05) is 11.6 Å². The highest BCUT2D eigenvalue weighted by Crippen LogP contribution is 2.28. The molecule has 0 spiro atoms. The molecule has 162 valence electrons. The Hall–Kier alpha value is -3.30. The molecule has 0 fully saturated rings. The van der Waals surface area contributed by atoms with Crippen LogP contribution in [-0.2, 0) is 14.8 Å². The summed E-state index contributed by atoms with van der Waals surface area (Å²) in [4.78, 5) is 11.9. The van der Waals surface area contributed by atoms with Crippen molar-refractivity contribution in [3.05, 3.63) is 77.6 Å². The van der Waals surface area contributed by atoms with Crippen LogP contribution in [0.25, 0.3) is 0 Å². The first-order chi connectivity index (χ1) is 14.8. The third-order valence-corrected chi connectivity index (χ3v) is 5.72. The van der Waals surface area contributed by atoms with Gasteiger partial charge in [-0.2, -0.15) is 0 Å². The van der Waals surface area contributed by atoms with Gasteiger partial charge in [0.15, 0.2) is 6.61 Å². The van der Waals surface area contributed by atoms with Gasteiger partial charge in [0.2, 0.25) is 0 Å². The number of amides is 1. The van der Waals surface area contributed by atoms with Gasteiger partial charge in [-0.15, -0.1) is 0 Å². The van der Waals surface area contributed by atoms with Gasteiger partial charge in [0.1, 0.15) is 17.3 Å². The Morgan fingerprint density at radius 1 is 1.00 bits per heavy atom. The maximum atomic E-state index is 13.0. The lowest BCUT2D eigenvalue weighted by Gasteiger charge is -2.12. The number of hydrogen-bond acceptors (Lipinski definition) is 5. The van der Waals surface area contributed by atoms with Crippen LogP contribution in [-0.4, -0.2) is 28.0 Å². The molecule has 0 aliphatic carbocycles. The molecule has 0 saturated carbocycles. The van der Waals surface area contributed by atoms with Crippen molar-refractivity contribution in [3.8, 4) is 11.5 Å². The molecule has 1 amide bonds. The molecule has 2 N–H and O–H groups in total. The molecule has 7 nitrogen and oxygen atoms in total. The molecular weight excluding hydrogens is 447 g/mol. The monoisotopic (exact) mass is 464 g/mol. The van der Waals surface area contributed by atoms with E-state index in [1.807, 2.05) is 0 Å². The minimum atomic E-state index is -3.95. The fourth-order valence-corrected chi connectivity index (χ4v) is 3.90. The molecule has 0 aromatic heterocycles. The molecule has 0 bridgehead atoms. The molecule has 0 aliphatic heterocycles. The Balaban J connectivity index is 1.61. The van der Waals surface area contributed by atoms with Crippen molar-refractivity contribution in [3.63, 3.8) is 0 Å². The van der Waals surface area contributed by atoms with E-state index in [1.165, 1.54) is 30.3 Å². The van der Waals surface area contributed by atoms with Crippen LogP contribution in [0.2, 0.25) is 5.02 Å². The predicted octanol–water partition coefficient (Wildman–Crippen LogP) is 4.31. The largest absolute Gasteiger partial charge is 0.497 e. The molecule has 3 aromatic rings. The van der Waals surface area contributed by atoms with E-state index in [-0.39, 0.29) is 28.0 Å². The number of carbonyl (C=O) groups excluding carboxylic acids is 1. The molecule has 0 aliphatic rings. The first kappa shape index (κ1) is 22.4. The van der Waals surface area contributed by atoms with Crippen molar-refractivity contribution >= 4 is 38.9 Å². The third-order valence-electron chi connectivity index (χ3n) is 4.04. The number of halogens is 2. The van der Waals surface area contributed by atoms with Crippen LogP contribution in [0, 0.1) is 5.82 Å². The van der Waals surface area contributed by atoms with E-state index >= 15 is 0 Å². The first-order valence-electron chi connectivity index (χ1n) is 8.91. The van der Waals surface area contributed by atoms with Gasteiger partial charge in [-0.05, 0) is 66.7 Å². The normalized spacial score (nSPS) is 10.9. The lowest BCUT2D eigenvalue weighted by molar-refractivity contribution is -0.118. The summed E-state index contributed by atoms with van der Waals surface area (Å²) in [6.45, 7) is -0.328. The Bertz CT molecular complexity index is 1170. The summed E-state index contributed by atoms with van der Waals surface area (Å²) in [6.07, 6.45) is 0. The van der Waals surface area contributed by atoms with Gasteiger partial charge in [0.25, 0.3) is 15.9 Å². The second-order valence-corrected chi connectivity index (χ2v) is 8.36. The number of ether oxygens (including phenoxy) is 2. The van der Waals surface area contributed by atoms with Crippen molar-refractivity contribution in [2.24, 2.45) is 0 Å². The zero-order chi connectivity index (χ0) is 22.4. The number of carbonyl (C=O) groups is 1. The highest BCUT2D eigenvalue weighted by atomic mass is 35.5. The summed E-state index contributed by atoms with van der Waals surface area (Å²) in [5.41, 5.74) is 0.766. The minimum absolute atomic E-state index is 0.0132. The number of rotatable bonds is 8. The van der Waals surface area contributed by atoms with Crippen molar-refractivity contribution in [2.75, 3.05) is 23.8 Å². The standard InChI is InChI=1S/C21H18ClFN2O5S/c1-29-17-8-6-15(7-9-17)24-21(26)13-30-20-11-10-18(12-19(20)22)31(27,28)25-16-4-2-14(23)3-5-16/h2-12,25H,13H2,1H3,(H,24,26). The van der Waals surface area contributed by atoms with Crippen molar-refractivity contribution in [1.29, 1.82) is 0 Å². The van der Waals surface area contributed by atoms with Gasteiger partial charge in [-0.3, -0.25) is 9.52 Å². The van der Waals surface area contributed by atoms with E-state index in [9.17, 15) is 17.6 Å². The lowest BCUT2D eigenvalue weighted by Crippen LogP contribution is -2.20. The summed E-state index contributed by atoms with van der Waals surface area (Å²) in [6, 6.07) is 15.5. The minimum Gasteiger partial charge on any atom is -0.497 e.